The van der Waals surface area contributed by atoms with Crippen molar-refractivity contribution in [2.75, 3.05) is 5.32 Å². The van der Waals surface area contributed by atoms with Crippen LogP contribution in [0.25, 0.3) is 0 Å². The summed E-state index contributed by atoms with van der Waals surface area (Å²) >= 11 is 6.00. The van der Waals surface area contributed by atoms with Crippen LogP contribution in [-0.4, -0.2) is 17.7 Å². The number of aryl methyl sites for hydroxylation is 1. The maximum absolute atomic E-state index is 13.9. The van der Waals surface area contributed by atoms with Gasteiger partial charge in [0.25, 0.3) is 5.91 Å². The number of carbonyl (C=O) groups is 1. The van der Waals surface area contributed by atoms with E-state index in [-0.39, 0.29) is 22.9 Å². The number of rotatable bonds is 3. The molecule has 118 valence electrons. The van der Waals surface area contributed by atoms with Crippen LogP contribution in [0.5, 0.6) is 0 Å². The number of amides is 1. The first-order chi connectivity index (χ1) is 11.0. The average Bonchev–Trinajstić information content (AvgIpc) is 2.99. The lowest BCUT2D eigenvalue weighted by atomic mass is 10.0. The Hall–Kier alpha value is -2.40. The molecule has 1 heterocycles. The van der Waals surface area contributed by atoms with Gasteiger partial charge in [0, 0.05) is 12.1 Å². The Morgan fingerprint density at radius 3 is 2.74 bits per heavy atom. The van der Waals surface area contributed by atoms with Crippen molar-refractivity contribution in [3.63, 3.8) is 0 Å². The molecule has 1 unspecified atom stereocenters. The highest BCUT2D eigenvalue weighted by Crippen LogP contribution is 2.26. The Balaban J connectivity index is 1.69. The molecule has 1 aliphatic rings. The molecule has 0 saturated heterocycles. The predicted molar refractivity (Wildman–Crippen MR) is 87.2 cm³/mol. The Labute approximate surface area is 137 Å². The summed E-state index contributed by atoms with van der Waals surface area (Å²) < 4.78 is 13.9. The van der Waals surface area contributed by atoms with E-state index in [9.17, 15) is 9.18 Å². The second-order valence-corrected chi connectivity index (χ2v) is 5.70. The monoisotopic (exact) mass is 332 g/mol. The number of carbonyl (C=O) groups excluding carboxylic acids is 1. The molecule has 2 aromatic carbocycles. The van der Waals surface area contributed by atoms with E-state index >= 15 is 0 Å². The van der Waals surface area contributed by atoms with Crippen LogP contribution in [-0.2, 0) is 9.63 Å². The maximum atomic E-state index is 13.9. The van der Waals surface area contributed by atoms with Crippen molar-refractivity contribution >= 4 is 28.9 Å². The van der Waals surface area contributed by atoms with Gasteiger partial charge in [-0.15, -0.1) is 0 Å². The van der Waals surface area contributed by atoms with Gasteiger partial charge >= 0.3 is 0 Å². The maximum Gasteiger partial charge on any atom is 0.268 e. The minimum Gasteiger partial charge on any atom is -0.382 e. The fraction of sp³-hybridized carbons (Fsp3) is 0.176. The largest absolute Gasteiger partial charge is 0.382 e. The highest BCUT2D eigenvalue weighted by atomic mass is 35.5. The molecule has 1 atom stereocenters. The molecule has 0 radical (unpaired) electrons. The van der Waals surface area contributed by atoms with Gasteiger partial charge in [0.05, 0.1) is 16.3 Å². The summed E-state index contributed by atoms with van der Waals surface area (Å²) in [6.07, 6.45) is -0.639. The van der Waals surface area contributed by atoms with Crippen LogP contribution in [0.1, 0.15) is 17.5 Å². The molecule has 0 saturated carbocycles. The van der Waals surface area contributed by atoms with Gasteiger partial charge in [-0.25, -0.2) is 4.39 Å². The first-order valence-corrected chi connectivity index (χ1v) is 7.47. The van der Waals surface area contributed by atoms with Crippen LogP contribution < -0.4 is 5.32 Å². The normalized spacial score (nSPS) is 16.7. The van der Waals surface area contributed by atoms with Crippen LogP contribution in [0, 0.1) is 12.7 Å². The number of benzene rings is 2. The first-order valence-electron chi connectivity index (χ1n) is 7.09. The lowest BCUT2D eigenvalue weighted by molar-refractivity contribution is -0.125. The molecule has 0 spiro atoms. The van der Waals surface area contributed by atoms with Gasteiger partial charge < -0.3 is 10.2 Å². The quantitative estimate of drug-likeness (QED) is 0.926. The molecule has 0 aliphatic carbocycles. The standard InChI is InChI=1S/C17H14ClFN2O2/c1-10-5-7-11(8-6-10)20-17(22)15-9-14(21-23-15)16-12(18)3-2-4-13(16)19/h2-8,15H,9H2,1H3,(H,20,22). The molecule has 0 aromatic heterocycles. The van der Waals surface area contributed by atoms with E-state index < -0.39 is 11.9 Å². The van der Waals surface area contributed by atoms with Gasteiger partial charge in [-0.1, -0.05) is 40.5 Å². The van der Waals surface area contributed by atoms with E-state index in [1.165, 1.54) is 12.1 Å². The van der Waals surface area contributed by atoms with Crippen LogP contribution in [0.15, 0.2) is 47.6 Å². The molecule has 2 aromatic rings. The Bertz CT molecular complexity index is 754. The SMILES string of the molecule is Cc1ccc(NC(=O)C2CC(c3c(F)cccc3Cl)=NO2)cc1. The summed E-state index contributed by atoms with van der Waals surface area (Å²) in [7, 11) is 0. The topological polar surface area (TPSA) is 50.7 Å². The number of anilines is 1. The van der Waals surface area contributed by atoms with E-state index in [1.54, 1.807) is 18.2 Å². The third kappa shape index (κ3) is 3.35. The van der Waals surface area contributed by atoms with Gasteiger partial charge in [0.15, 0.2) is 0 Å². The summed E-state index contributed by atoms with van der Waals surface area (Å²) in [5, 5.41) is 6.81. The zero-order chi connectivity index (χ0) is 16.4. The molecule has 1 amide bonds. The Kier molecular flexibility index (Phi) is 4.30. The molecule has 23 heavy (non-hydrogen) atoms. The summed E-state index contributed by atoms with van der Waals surface area (Å²) in [5.41, 5.74) is 2.28. The molecular weight excluding hydrogens is 319 g/mol. The number of nitrogens with one attached hydrogen (secondary N) is 1. The van der Waals surface area contributed by atoms with Crippen molar-refractivity contribution in [2.24, 2.45) is 5.16 Å². The zero-order valence-electron chi connectivity index (χ0n) is 12.3. The minimum atomic E-state index is -0.804. The van der Waals surface area contributed by atoms with Crippen LogP contribution in [0.2, 0.25) is 5.02 Å². The second-order valence-electron chi connectivity index (χ2n) is 5.29. The van der Waals surface area contributed by atoms with E-state index in [0.717, 1.165) is 5.56 Å². The molecule has 0 bridgehead atoms. The second kappa shape index (κ2) is 6.38. The summed E-state index contributed by atoms with van der Waals surface area (Å²) in [4.78, 5) is 17.3. The molecule has 6 heteroatoms. The highest BCUT2D eigenvalue weighted by Gasteiger charge is 2.31. The summed E-state index contributed by atoms with van der Waals surface area (Å²) in [5.74, 6) is -0.820. The third-order valence-electron chi connectivity index (χ3n) is 3.53. The number of hydrogen-bond donors (Lipinski definition) is 1. The summed E-state index contributed by atoms with van der Waals surface area (Å²) in [6, 6.07) is 11.8. The molecule has 4 nitrogen and oxygen atoms in total. The predicted octanol–water partition coefficient (Wildman–Crippen LogP) is 3.92. The zero-order valence-corrected chi connectivity index (χ0v) is 13.1. The first kappa shape index (κ1) is 15.5. The van der Waals surface area contributed by atoms with Crippen molar-refractivity contribution in [1.29, 1.82) is 0 Å². The van der Waals surface area contributed by atoms with Crippen LogP contribution >= 0.6 is 11.6 Å². The van der Waals surface area contributed by atoms with E-state index in [1.807, 2.05) is 19.1 Å². The Morgan fingerprint density at radius 2 is 2.04 bits per heavy atom. The van der Waals surface area contributed by atoms with Crippen LogP contribution in [0.3, 0.4) is 0 Å². The van der Waals surface area contributed by atoms with Gasteiger partial charge in [-0.3, -0.25) is 4.79 Å². The minimum absolute atomic E-state index is 0.165. The number of hydrogen-bond acceptors (Lipinski definition) is 3. The Morgan fingerprint density at radius 1 is 1.30 bits per heavy atom. The van der Waals surface area contributed by atoms with Gasteiger partial charge in [0.1, 0.15) is 5.82 Å². The molecular formula is C17H14ClFN2O2. The molecule has 3 rings (SSSR count). The highest BCUT2D eigenvalue weighted by molar-refractivity contribution is 6.34. The van der Waals surface area contributed by atoms with Gasteiger partial charge in [0.2, 0.25) is 6.10 Å². The van der Waals surface area contributed by atoms with E-state index in [0.29, 0.717) is 11.4 Å². The smallest absolute Gasteiger partial charge is 0.268 e. The van der Waals surface area contributed by atoms with Crippen molar-refractivity contribution < 1.29 is 14.0 Å². The molecule has 1 aliphatic heterocycles. The fourth-order valence-electron chi connectivity index (χ4n) is 2.30. The molecule has 0 fully saturated rings. The summed E-state index contributed by atoms with van der Waals surface area (Å²) in [6.45, 7) is 1.96. The fourth-order valence-corrected chi connectivity index (χ4v) is 2.57. The van der Waals surface area contributed by atoms with Gasteiger partial charge in [-0.2, -0.15) is 0 Å². The lowest BCUT2D eigenvalue weighted by Gasteiger charge is -2.10. The number of nitrogens with zero attached hydrogens (tertiary/aromatic N) is 1. The number of halogens is 2. The lowest BCUT2D eigenvalue weighted by Crippen LogP contribution is -2.28. The number of oxime groups is 1. The van der Waals surface area contributed by atoms with E-state index in [2.05, 4.69) is 10.5 Å². The van der Waals surface area contributed by atoms with E-state index in [4.69, 9.17) is 16.4 Å². The van der Waals surface area contributed by atoms with Crippen molar-refractivity contribution in [3.8, 4) is 0 Å². The van der Waals surface area contributed by atoms with Gasteiger partial charge in [-0.05, 0) is 31.2 Å². The third-order valence-corrected chi connectivity index (χ3v) is 3.85. The van der Waals surface area contributed by atoms with Crippen molar-refractivity contribution in [2.45, 2.75) is 19.4 Å². The van der Waals surface area contributed by atoms with Crippen molar-refractivity contribution in [1.82, 2.24) is 0 Å². The van der Waals surface area contributed by atoms with Crippen LogP contribution in [0.4, 0.5) is 10.1 Å². The van der Waals surface area contributed by atoms with Crippen molar-refractivity contribution in [3.05, 3.63) is 64.4 Å². The molecule has 1 N–H and O–H groups in total. The average molecular weight is 333 g/mol.